The summed E-state index contributed by atoms with van der Waals surface area (Å²) in [4.78, 5) is 18.9. The van der Waals surface area contributed by atoms with Crippen LogP contribution in [0.15, 0.2) is 34.9 Å². The van der Waals surface area contributed by atoms with Gasteiger partial charge in [-0.3, -0.25) is 0 Å². The molecule has 1 aliphatic rings. The number of nitrogens with one attached hydrogen (secondary N) is 1. The lowest BCUT2D eigenvalue weighted by molar-refractivity contribution is 0.166. The Kier molecular flexibility index (Phi) is 4.74. The minimum Gasteiger partial charge on any atom is -0.481 e. The molecule has 6 nitrogen and oxygen atoms in total. The largest absolute Gasteiger partial charge is 0.481 e. The van der Waals surface area contributed by atoms with E-state index in [1.165, 1.54) is 0 Å². The van der Waals surface area contributed by atoms with Gasteiger partial charge in [0.05, 0.1) is 19.4 Å². The first-order valence-electron chi connectivity index (χ1n) is 8.20. The van der Waals surface area contributed by atoms with Crippen LogP contribution in [0.5, 0.6) is 5.88 Å². The van der Waals surface area contributed by atoms with Gasteiger partial charge in [-0.15, -0.1) is 0 Å². The van der Waals surface area contributed by atoms with Gasteiger partial charge in [0, 0.05) is 23.8 Å². The molecule has 0 saturated heterocycles. The minimum absolute atomic E-state index is 0.0921. The SMILES string of the molecule is COc1nc(C)ccc1CNC(=O)N(C1CC1)[C@H](C)c1ccco1. The number of ether oxygens (including phenoxy) is 1. The van der Waals surface area contributed by atoms with Gasteiger partial charge < -0.3 is 19.4 Å². The highest BCUT2D eigenvalue weighted by Gasteiger charge is 2.37. The van der Waals surface area contributed by atoms with Crippen molar-refractivity contribution in [2.75, 3.05) is 7.11 Å². The van der Waals surface area contributed by atoms with Crippen molar-refractivity contribution in [2.45, 2.75) is 45.3 Å². The zero-order valence-electron chi connectivity index (χ0n) is 14.3. The summed E-state index contributed by atoms with van der Waals surface area (Å²) in [6, 6.07) is 7.68. The molecule has 1 N–H and O–H groups in total. The minimum atomic E-state index is -0.0935. The fourth-order valence-corrected chi connectivity index (χ4v) is 2.81. The highest BCUT2D eigenvalue weighted by Crippen LogP contribution is 2.34. The van der Waals surface area contributed by atoms with Crippen LogP contribution in [-0.4, -0.2) is 29.1 Å². The van der Waals surface area contributed by atoms with Crippen LogP contribution in [0, 0.1) is 6.92 Å². The predicted octanol–water partition coefficient (Wildman–Crippen LogP) is 3.43. The number of aromatic nitrogens is 1. The van der Waals surface area contributed by atoms with Crippen molar-refractivity contribution in [3.8, 4) is 5.88 Å². The van der Waals surface area contributed by atoms with Crippen LogP contribution in [-0.2, 0) is 6.54 Å². The quantitative estimate of drug-likeness (QED) is 0.881. The second-order valence-corrected chi connectivity index (χ2v) is 6.11. The Morgan fingerprint density at radius 3 is 2.88 bits per heavy atom. The number of furan rings is 1. The first-order valence-corrected chi connectivity index (χ1v) is 8.20. The van der Waals surface area contributed by atoms with Gasteiger partial charge in [-0.05, 0) is 44.9 Å². The van der Waals surface area contributed by atoms with Gasteiger partial charge in [-0.1, -0.05) is 6.07 Å². The molecule has 1 atom stereocenters. The Bertz CT molecular complexity index is 696. The molecule has 6 heteroatoms. The van der Waals surface area contributed by atoms with Crippen LogP contribution in [0.2, 0.25) is 0 Å². The van der Waals surface area contributed by atoms with E-state index < -0.39 is 0 Å². The Balaban J connectivity index is 1.68. The van der Waals surface area contributed by atoms with Gasteiger partial charge in [0.1, 0.15) is 5.76 Å². The smallest absolute Gasteiger partial charge is 0.318 e. The summed E-state index contributed by atoms with van der Waals surface area (Å²) >= 11 is 0. The Labute approximate surface area is 141 Å². The standard InChI is InChI=1S/C18H23N3O3/c1-12-6-7-14(17(20-12)23-3)11-19-18(22)21(15-8-9-15)13(2)16-5-4-10-24-16/h4-7,10,13,15H,8-9,11H2,1-3H3,(H,19,22)/t13-/m1/s1. The molecule has 0 aliphatic heterocycles. The van der Waals surface area contributed by atoms with E-state index in [9.17, 15) is 4.79 Å². The zero-order valence-corrected chi connectivity index (χ0v) is 14.3. The number of urea groups is 1. The van der Waals surface area contributed by atoms with Gasteiger partial charge in [-0.2, -0.15) is 0 Å². The van der Waals surface area contributed by atoms with E-state index in [1.54, 1.807) is 13.4 Å². The lowest BCUT2D eigenvalue weighted by atomic mass is 10.2. The molecule has 2 amide bonds. The molecule has 2 aromatic rings. The summed E-state index contributed by atoms with van der Waals surface area (Å²) in [6.45, 7) is 4.28. The number of methoxy groups -OCH3 is 1. The van der Waals surface area contributed by atoms with Crippen LogP contribution < -0.4 is 10.1 Å². The molecule has 1 fully saturated rings. The van der Waals surface area contributed by atoms with Gasteiger partial charge in [0.2, 0.25) is 5.88 Å². The summed E-state index contributed by atoms with van der Waals surface area (Å²) in [5, 5.41) is 2.98. The highest BCUT2D eigenvalue weighted by molar-refractivity contribution is 5.75. The molecule has 128 valence electrons. The number of amides is 2. The topological polar surface area (TPSA) is 67.6 Å². The van der Waals surface area contributed by atoms with E-state index in [1.807, 2.05) is 43.0 Å². The van der Waals surface area contributed by atoms with Crippen LogP contribution in [0.4, 0.5) is 4.79 Å². The Hall–Kier alpha value is -2.50. The normalized spacial score (nSPS) is 15.0. The van der Waals surface area contributed by atoms with Crippen molar-refractivity contribution in [1.29, 1.82) is 0 Å². The molecule has 24 heavy (non-hydrogen) atoms. The fraction of sp³-hybridized carbons (Fsp3) is 0.444. The van der Waals surface area contributed by atoms with E-state index in [-0.39, 0.29) is 18.1 Å². The predicted molar refractivity (Wildman–Crippen MR) is 89.7 cm³/mol. The van der Waals surface area contributed by atoms with Crippen molar-refractivity contribution in [2.24, 2.45) is 0 Å². The van der Waals surface area contributed by atoms with Crippen LogP contribution in [0.1, 0.15) is 42.8 Å². The summed E-state index contributed by atoms with van der Waals surface area (Å²) in [6.07, 6.45) is 3.71. The Morgan fingerprint density at radius 1 is 1.46 bits per heavy atom. The van der Waals surface area contributed by atoms with Gasteiger partial charge in [0.15, 0.2) is 0 Å². The number of hydrogen-bond donors (Lipinski definition) is 1. The second kappa shape index (κ2) is 6.95. The first-order chi connectivity index (χ1) is 11.6. The number of carbonyl (C=O) groups is 1. The highest BCUT2D eigenvalue weighted by atomic mass is 16.5. The van der Waals surface area contributed by atoms with Crippen molar-refractivity contribution in [1.82, 2.24) is 15.2 Å². The second-order valence-electron chi connectivity index (χ2n) is 6.11. The van der Waals surface area contributed by atoms with Crippen LogP contribution in [0.3, 0.4) is 0 Å². The van der Waals surface area contributed by atoms with E-state index in [0.29, 0.717) is 12.4 Å². The van der Waals surface area contributed by atoms with Gasteiger partial charge in [0.25, 0.3) is 0 Å². The van der Waals surface area contributed by atoms with Crippen LogP contribution in [0.25, 0.3) is 0 Å². The molecule has 3 rings (SSSR count). The molecule has 1 aliphatic carbocycles. The average Bonchev–Trinajstić information content (AvgIpc) is 3.25. The molecule has 2 aromatic heterocycles. The molecular formula is C18H23N3O3. The molecule has 0 unspecified atom stereocenters. The average molecular weight is 329 g/mol. The summed E-state index contributed by atoms with van der Waals surface area (Å²) < 4.78 is 10.8. The monoisotopic (exact) mass is 329 g/mol. The molecule has 0 aromatic carbocycles. The van der Waals surface area contributed by atoms with Gasteiger partial charge in [-0.25, -0.2) is 9.78 Å². The fourth-order valence-electron chi connectivity index (χ4n) is 2.81. The number of pyridine rings is 1. The number of nitrogens with zero attached hydrogens (tertiary/aromatic N) is 2. The maximum absolute atomic E-state index is 12.7. The number of aryl methyl sites for hydroxylation is 1. The zero-order chi connectivity index (χ0) is 17.1. The molecule has 0 radical (unpaired) electrons. The van der Waals surface area contributed by atoms with Crippen molar-refractivity contribution >= 4 is 6.03 Å². The van der Waals surface area contributed by atoms with E-state index in [0.717, 1.165) is 29.9 Å². The van der Waals surface area contributed by atoms with Crippen molar-refractivity contribution < 1.29 is 13.9 Å². The van der Waals surface area contributed by atoms with E-state index >= 15 is 0 Å². The number of hydrogen-bond acceptors (Lipinski definition) is 4. The molecule has 1 saturated carbocycles. The third-order valence-electron chi connectivity index (χ3n) is 4.25. The summed E-state index contributed by atoms with van der Waals surface area (Å²) in [7, 11) is 1.59. The number of carbonyl (C=O) groups excluding carboxylic acids is 1. The van der Waals surface area contributed by atoms with Crippen LogP contribution >= 0.6 is 0 Å². The van der Waals surface area contributed by atoms with Crippen molar-refractivity contribution in [3.05, 3.63) is 47.5 Å². The molecule has 0 spiro atoms. The maximum atomic E-state index is 12.7. The summed E-state index contributed by atoms with van der Waals surface area (Å²) in [5.74, 6) is 1.35. The lowest BCUT2D eigenvalue weighted by Crippen LogP contribution is -2.42. The molecular weight excluding hydrogens is 306 g/mol. The number of rotatable bonds is 6. The van der Waals surface area contributed by atoms with Gasteiger partial charge >= 0.3 is 6.03 Å². The molecule has 0 bridgehead atoms. The van der Waals surface area contributed by atoms with Crippen molar-refractivity contribution in [3.63, 3.8) is 0 Å². The van der Waals surface area contributed by atoms with E-state index in [2.05, 4.69) is 10.3 Å². The first kappa shape index (κ1) is 16.4. The third kappa shape index (κ3) is 3.53. The Morgan fingerprint density at radius 2 is 2.25 bits per heavy atom. The summed E-state index contributed by atoms with van der Waals surface area (Å²) in [5.41, 5.74) is 1.74. The lowest BCUT2D eigenvalue weighted by Gasteiger charge is -2.28. The van der Waals surface area contributed by atoms with E-state index in [4.69, 9.17) is 9.15 Å². The molecule has 2 heterocycles. The third-order valence-corrected chi connectivity index (χ3v) is 4.25. The maximum Gasteiger partial charge on any atom is 0.318 e.